The van der Waals surface area contributed by atoms with Crippen molar-refractivity contribution in [2.75, 3.05) is 67.0 Å². The Hall–Kier alpha value is -9.02. The van der Waals surface area contributed by atoms with Crippen molar-refractivity contribution in [1.82, 2.24) is 32.7 Å². The number of hydrogen-bond donors (Lipinski definition) is 1. The van der Waals surface area contributed by atoms with Gasteiger partial charge in [-0.1, -0.05) is 60.8 Å². The van der Waals surface area contributed by atoms with Gasteiger partial charge in [-0.15, -0.1) is 0 Å². The molecule has 31 nitrogen and oxygen atoms in total. The monoisotopic (exact) mass is 1220 g/mol. The normalized spacial score (nSPS) is 9.74. The fourth-order valence-corrected chi connectivity index (χ4v) is 4.99. The number of amides is 1. The Labute approximate surface area is 492 Å². The molecule has 0 aliphatic rings. The van der Waals surface area contributed by atoms with Gasteiger partial charge in [-0.2, -0.15) is 0 Å². The number of ether oxygens (including phenoxy) is 8. The molecule has 1 N–H and O–H groups in total. The van der Waals surface area contributed by atoms with E-state index >= 15 is 0 Å². The molecule has 31 heteroatoms. The van der Waals surface area contributed by atoms with Crippen LogP contribution in [-0.2, 0) is 119 Å². The molecule has 0 radical (unpaired) electrons. The smallest absolute Gasteiger partial charge is 0.406 e. The molecular weight excluding hydrogens is 1130 g/mol. The lowest BCUT2D eigenvalue weighted by atomic mass is 9.97. The van der Waals surface area contributed by atoms with Crippen LogP contribution in [0.25, 0.3) is 0 Å². The summed E-state index contributed by atoms with van der Waals surface area (Å²) < 4.78 is 43.3. The zero-order valence-corrected chi connectivity index (χ0v) is 52.0. The van der Waals surface area contributed by atoms with E-state index in [-0.39, 0.29) is 63.5 Å². The summed E-state index contributed by atoms with van der Waals surface area (Å²) in [5, 5.41) is 2.26. The maximum atomic E-state index is 11.1. The summed E-state index contributed by atoms with van der Waals surface area (Å²) in [6.45, 7) is 25.4. The number of hydrogen-bond acceptors (Lipinski definition) is 24. The van der Waals surface area contributed by atoms with Crippen LogP contribution in [0.5, 0.6) is 0 Å². The van der Waals surface area contributed by atoms with Gasteiger partial charge >= 0.3 is 82.0 Å². The second kappa shape index (κ2) is 50.7. The minimum Gasteiger partial charge on any atom is -0.466 e. The first-order valence-corrected chi connectivity index (χ1v) is 26.3. The number of aliphatic imine (C=N–C) groups is 1. The van der Waals surface area contributed by atoms with Crippen molar-refractivity contribution in [3.63, 3.8) is 0 Å². The lowest BCUT2D eigenvalue weighted by Gasteiger charge is -2.14. The Morgan fingerprint density at radius 1 is 0.435 bits per heavy atom. The number of rotatable bonds is 24. The van der Waals surface area contributed by atoms with Crippen LogP contribution in [-0.4, -0.2) is 148 Å². The van der Waals surface area contributed by atoms with Gasteiger partial charge in [0.2, 0.25) is 6.08 Å². The van der Waals surface area contributed by atoms with E-state index in [2.05, 4.69) is 65.4 Å². The third kappa shape index (κ3) is 41.6. The number of nitrogens with zero attached hydrogens (tertiary/aromatic N) is 7. The first-order valence-electron chi connectivity index (χ1n) is 26.3. The molecule has 85 heavy (non-hydrogen) atoms. The van der Waals surface area contributed by atoms with E-state index in [1.54, 1.807) is 48.5 Å². The van der Waals surface area contributed by atoms with Gasteiger partial charge in [0.05, 0.1) is 13.2 Å². The lowest BCUT2D eigenvalue weighted by molar-refractivity contribution is -0.149. The van der Waals surface area contributed by atoms with E-state index in [9.17, 15) is 67.1 Å². The van der Waals surface area contributed by atoms with E-state index in [0.29, 0.717) is 61.5 Å². The molecule has 0 aliphatic heterocycles. The molecule has 1 atom stereocenters. The summed E-state index contributed by atoms with van der Waals surface area (Å²) in [6.07, 6.45) is 6.13. The molecule has 0 saturated heterocycles. The van der Waals surface area contributed by atoms with Crippen molar-refractivity contribution in [2.24, 2.45) is 53.2 Å². The maximum Gasteiger partial charge on any atom is 0.406 e. The first kappa shape index (κ1) is 84.8. The summed E-state index contributed by atoms with van der Waals surface area (Å²) in [4.78, 5) is 164. The molecule has 0 aromatic carbocycles. The molecule has 2 heterocycles. The Morgan fingerprint density at radius 2 is 0.671 bits per heavy atom. The van der Waals surface area contributed by atoms with Crippen molar-refractivity contribution < 1.29 is 81.0 Å². The van der Waals surface area contributed by atoms with Crippen molar-refractivity contribution in [1.29, 1.82) is 0 Å². The van der Waals surface area contributed by atoms with Crippen LogP contribution in [0.4, 0.5) is 4.79 Å². The summed E-state index contributed by atoms with van der Waals surface area (Å²) >= 11 is 0. The lowest BCUT2D eigenvalue weighted by Crippen LogP contribution is -2.51. The van der Waals surface area contributed by atoms with Crippen LogP contribution in [0.15, 0.2) is 70.2 Å². The minimum absolute atomic E-state index is 0.0404. The molecule has 1 amide bonds. The van der Waals surface area contributed by atoms with Crippen LogP contribution in [0.1, 0.15) is 107 Å². The highest BCUT2D eigenvalue weighted by atomic mass is 16.6. The molecule has 0 saturated carbocycles. The summed E-state index contributed by atoms with van der Waals surface area (Å²) in [7, 11) is 10.8. The molecular formula is C54H88N8O23. The predicted octanol–water partition coefficient (Wildman–Crippen LogP) is 1.19. The molecule has 2 rings (SSSR count). The molecule has 0 aliphatic carbocycles. The van der Waals surface area contributed by atoms with E-state index < -0.39 is 58.1 Å². The number of isocyanates is 1. The number of carbonyl (C=O) groups excluding carboxylic acids is 9. The predicted molar refractivity (Wildman–Crippen MR) is 309 cm³/mol. The Kier molecular flexibility index (Phi) is 50.6. The minimum atomic E-state index is -0.608. The third-order valence-corrected chi connectivity index (χ3v) is 10.0. The van der Waals surface area contributed by atoms with Gasteiger partial charge in [0.25, 0.3) is 0 Å². The molecule has 2 aromatic heterocycles. The fourth-order valence-electron chi connectivity index (χ4n) is 4.99. The topological polar surface area (TPSA) is 384 Å². The van der Waals surface area contributed by atoms with Crippen LogP contribution >= 0.6 is 0 Å². The summed E-state index contributed by atoms with van der Waals surface area (Å²) in [5.74, 6) is -1.75. The number of nitrogens with one attached hydrogen (secondary N) is 1. The van der Waals surface area contributed by atoms with E-state index in [1.165, 1.54) is 62.5 Å². The van der Waals surface area contributed by atoms with Crippen molar-refractivity contribution >= 4 is 54.0 Å². The SMILES string of the molecule is C=C(C)C(=O)OCCOC(=O)CC.C=C(C)C(=O)OCCOC(=O)CC.C=C(C)C(=O)OCCOC(=O)NC.CCC(=O)OCCCC(CC)CCOC(=O)CC.CN=C=O.Cn1c(=O)n(C)c(=O)n(C)c1=O.Cn1c(=O)n(C)c(=O)n(C)c1=O. The van der Waals surface area contributed by atoms with Crippen LogP contribution in [0.2, 0.25) is 0 Å². The van der Waals surface area contributed by atoms with Gasteiger partial charge in [0.1, 0.15) is 39.6 Å². The van der Waals surface area contributed by atoms with Gasteiger partial charge in [0, 0.05) is 98.8 Å². The van der Waals surface area contributed by atoms with E-state index in [4.69, 9.17) is 14.3 Å². The standard InChI is InChI=1S/C14H26O4.2C9H14O4.C8H13NO4.2C6H9N3O3.C2H3NO/c1-4-12(9-11-18-14(16)6-3)8-7-10-17-13(15)5-2;2*1-4-8(10)12-5-6-13-9(11)7(2)3;1-6(2)7(10)12-4-5-13-8(11)9-3;2*1-7-4(10)8(2)6(12)9(3)5(7)11;1-3-2-4/h12H,4-11H2,1-3H3;2*2,4-6H2,1,3H3;1,4-5H2,2-3H3,(H,9,11);2*1-3H3;1H3. The highest BCUT2D eigenvalue weighted by molar-refractivity contribution is 5.87. The Balaban J connectivity index is -0.000000299. The van der Waals surface area contributed by atoms with Crippen LogP contribution < -0.4 is 39.5 Å². The van der Waals surface area contributed by atoms with Gasteiger partial charge < -0.3 is 43.2 Å². The van der Waals surface area contributed by atoms with Crippen molar-refractivity contribution in [2.45, 2.75) is 107 Å². The first-order chi connectivity index (χ1) is 39.7. The van der Waals surface area contributed by atoms with Gasteiger partial charge in [-0.25, -0.2) is 85.1 Å². The third-order valence-electron chi connectivity index (χ3n) is 10.0. The van der Waals surface area contributed by atoms with E-state index in [0.717, 1.165) is 53.1 Å². The average Bonchev–Trinajstić information content (AvgIpc) is 3.58. The number of aromatic nitrogens is 6. The summed E-state index contributed by atoms with van der Waals surface area (Å²) in [5.41, 5.74) is -2.66. The molecule has 482 valence electrons. The number of carbonyl (C=O) groups is 8. The highest BCUT2D eigenvalue weighted by Crippen LogP contribution is 2.15. The van der Waals surface area contributed by atoms with Crippen LogP contribution in [0, 0.1) is 5.92 Å². The highest BCUT2D eigenvalue weighted by Gasteiger charge is 2.11. The molecule has 0 spiro atoms. The summed E-state index contributed by atoms with van der Waals surface area (Å²) in [6, 6.07) is 0. The van der Waals surface area contributed by atoms with Crippen molar-refractivity contribution in [3.05, 3.63) is 99.4 Å². The zero-order valence-electron chi connectivity index (χ0n) is 52.0. The largest absolute Gasteiger partial charge is 0.466 e. The Bertz CT molecular complexity index is 2490. The quantitative estimate of drug-likeness (QED) is 0.0385. The molecule has 0 fully saturated rings. The second-order valence-electron chi connectivity index (χ2n) is 17.0. The maximum absolute atomic E-state index is 11.1. The van der Waals surface area contributed by atoms with Crippen LogP contribution in [0.3, 0.4) is 0 Å². The van der Waals surface area contributed by atoms with Crippen molar-refractivity contribution in [3.8, 4) is 0 Å². The molecule has 2 aromatic rings. The van der Waals surface area contributed by atoms with Gasteiger partial charge in [0.15, 0.2) is 0 Å². The number of alkyl carbamates (subject to hydrolysis) is 1. The average molecular weight is 1220 g/mol. The number of esters is 7. The Morgan fingerprint density at radius 3 is 0.894 bits per heavy atom. The fraction of sp³-hybridized carbons (Fsp3) is 0.611. The second-order valence-corrected chi connectivity index (χ2v) is 17.0. The molecule has 0 bridgehead atoms. The zero-order chi connectivity index (χ0) is 66.9. The molecule has 1 unspecified atom stereocenters. The van der Waals surface area contributed by atoms with Gasteiger partial charge in [-0.3, -0.25) is 19.2 Å². The van der Waals surface area contributed by atoms with E-state index in [1.807, 2.05) is 0 Å². The van der Waals surface area contributed by atoms with Gasteiger partial charge in [-0.05, 0) is 46.0 Å².